The van der Waals surface area contributed by atoms with Crippen molar-refractivity contribution < 1.29 is 0 Å². The zero-order chi connectivity index (χ0) is 13.4. The number of hydrogen-bond donors (Lipinski definition) is 1. The van der Waals surface area contributed by atoms with Crippen LogP contribution in [0.1, 0.15) is 19.3 Å². The average Bonchev–Trinajstić information content (AvgIpc) is 3.12. The lowest BCUT2D eigenvalue weighted by atomic mass is 9.88. The van der Waals surface area contributed by atoms with Crippen LogP contribution in [-0.4, -0.2) is 54.7 Å². The topological polar surface area (TPSA) is 31.4 Å². The van der Waals surface area contributed by atoms with Crippen LogP contribution in [0, 0.1) is 5.92 Å². The van der Waals surface area contributed by atoms with Gasteiger partial charge >= 0.3 is 0 Å². The van der Waals surface area contributed by atoms with Gasteiger partial charge in [-0.1, -0.05) is 6.07 Å². The second-order valence-electron chi connectivity index (χ2n) is 6.52. The van der Waals surface area contributed by atoms with Crippen LogP contribution in [0.2, 0.25) is 0 Å². The summed E-state index contributed by atoms with van der Waals surface area (Å²) < 4.78 is 0. The van der Waals surface area contributed by atoms with Gasteiger partial charge in [-0.05, 0) is 37.3 Å². The van der Waals surface area contributed by atoms with Gasteiger partial charge in [-0.15, -0.1) is 0 Å². The van der Waals surface area contributed by atoms with Gasteiger partial charge in [-0.3, -0.25) is 4.90 Å². The Labute approximate surface area is 121 Å². The standard InChI is InChI=1S/C16H24N4/c1-2-6-17-16(3-1)20-9-7-19(8-10-20)12-13-11-14-4-5-15(13)18-14/h1-3,6,13-15,18H,4-5,7-12H2. The third-order valence-electron chi connectivity index (χ3n) is 5.27. The summed E-state index contributed by atoms with van der Waals surface area (Å²) in [6.07, 6.45) is 6.12. The molecule has 108 valence electrons. The molecule has 1 N–H and O–H groups in total. The number of aromatic nitrogens is 1. The maximum atomic E-state index is 4.46. The number of anilines is 1. The second kappa shape index (κ2) is 5.34. The van der Waals surface area contributed by atoms with Crippen LogP contribution in [0.4, 0.5) is 5.82 Å². The van der Waals surface area contributed by atoms with Crippen LogP contribution in [0.25, 0.3) is 0 Å². The minimum atomic E-state index is 0.814. The van der Waals surface area contributed by atoms with Gasteiger partial charge in [0.15, 0.2) is 0 Å². The summed E-state index contributed by atoms with van der Waals surface area (Å²) in [5.41, 5.74) is 0. The Bertz CT molecular complexity index is 441. The predicted octanol–water partition coefficient (Wildman–Crippen LogP) is 1.34. The van der Waals surface area contributed by atoms with E-state index in [0.29, 0.717) is 0 Å². The number of fused-ring (bicyclic) bond motifs is 2. The molecule has 3 unspecified atom stereocenters. The molecular formula is C16H24N4. The van der Waals surface area contributed by atoms with Crippen molar-refractivity contribution in [2.75, 3.05) is 37.6 Å². The Hall–Kier alpha value is -1.13. The van der Waals surface area contributed by atoms with E-state index in [1.807, 2.05) is 12.3 Å². The molecule has 1 aromatic rings. The van der Waals surface area contributed by atoms with Crippen LogP contribution in [0.5, 0.6) is 0 Å². The molecule has 0 aliphatic carbocycles. The lowest BCUT2D eigenvalue weighted by molar-refractivity contribution is 0.201. The van der Waals surface area contributed by atoms with Gasteiger partial charge in [-0.2, -0.15) is 0 Å². The van der Waals surface area contributed by atoms with Crippen molar-refractivity contribution in [3.8, 4) is 0 Å². The van der Waals surface area contributed by atoms with E-state index in [1.165, 1.54) is 38.9 Å². The Morgan fingerprint density at radius 2 is 2.05 bits per heavy atom. The molecule has 4 nitrogen and oxygen atoms in total. The number of nitrogens with one attached hydrogen (secondary N) is 1. The number of hydrogen-bond acceptors (Lipinski definition) is 4. The van der Waals surface area contributed by atoms with Crippen molar-refractivity contribution in [2.45, 2.75) is 31.3 Å². The SMILES string of the molecule is c1ccc(N2CCN(CC3CC4CCC3N4)CC2)nc1. The molecule has 0 aromatic carbocycles. The molecule has 0 spiro atoms. The maximum Gasteiger partial charge on any atom is 0.128 e. The average molecular weight is 272 g/mol. The van der Waals surface area contributed by atoms with E-state index in [0.717, 1.165) is 36.9 Å². The molecule has 3 fully saturated rings. The molecule has 3 saturated heterocycles. The lowest BCUT2D eigenvalue weighted by Gasteiger charge is -2.37. The molecule has 4 heteroatoms. The van der Waals surface area contributed by atoms with E-state index in [9.17, 15) is 0 Å². The summed E-state index contributed by atoms with van der Waals surface area (Å²) in [5.74, 6) is 2.03. The molecule has 4 heterocycles. The van der Waals surface area contributed by atoms with E-state index in [2.05, 4.69) is 32.2 Å². The quantitative estimate of drug-likeness (QED) is 0.900. The maximum absolute atomic E-state index is 4.46. The molecule has 0 radical (unpaired) electrons. The van der Waals surface area contributed by atoms with Gasteiger partial charge in [0, 0.05) is 51.0 Å². The number of piperazine rings is 1. The summed E-state index contributed by atoms with van der Waals surface area (Å²) in [7, 11) is 0. The molecular weight excluding hydrogens is 248 g/mol. The smallest absolute Gasteiger partial charge is 0.128 e. The fourth-order valence-electron chi connectivity index (χ4n) is 4.17. The molecule has 2 bridgehead atoms. The highest BCUT2D eigenvalue weighted by atomic mass is 15.3. The van der Waals surface area contributed by atoms with Gasteiger partial charge in [0.1, 0.15) is 5.82 Å². The largest absolute Gasteiger partial charge is 0.354 e. The second-order valence-corrected chi connectivity index (χ2v) is 6.52. The first kappa shape index (κ1) is 12.6. The lowest BCUT2D eigenvalue weighted by Crippen LogP contribution is -2.49. The van der Waals surface area contributed by atoms with Gasteiger partial charge in [0.25, 0.3) is 0 Å². The number of nitrogens with zero attached hydrogens (tertiary/aromatic N) is 3. The molecule has 3 atom stereocenters. The third-order valence-corrected chi connectivity index (χ3v) is 5.27. The van der Waals surface area contributed by atoms with Crippen molar-refractivity contribution >= 4 is 5.82 Å². The number of rotatable bonds is 3. The molecule has 3 aliphatic rings. The molecule has 3 aliphatic heterocycles. The highest BCUT2D eigenvalue weighted by Crippen LogP contribution is 2.33. The minimum Gasteiger partial charge on any atom is -0.354 e. The van der Waals surface area contributed by atoms with Crippen LogP contribution in [-0.2, 0) is 0 Å². The summed E-state index contributed by atoms with van der Waals surface area (Å²) in [4.78, 5) is 9.53. The van der Waals surface area contributed by atoms with Crippen LogP contribution in [0.15, 0.2) is 24.4 Å². The molecule has 4 rings (SSSR count). The minimum absolute atomic E-state index is 0.814. The first-order chi connectivity index (χ1) is 9.88. The number of pyridine rings is 1. The van der Waals surface area contributed by atoms with Crippen molar-refractivity contribution in [1.29, 1.82) is 0 Å². The van der Waals surface area contributed by atoms with E-state index < -0.39 is 0 Å². The normalized spacial score (nSPS) is 33.8. The third kappa shape index (κ3) is 2.42. The van der Waals surface area contributed by atoms with Gasteiger partial charge in [0.05, 0.1) is 0 Å². The van der Waals surface area contributed by atoms with Crippen molar-refractivity contribution in [2.24, 2.45) is 5.92 Å². The van der Waals surface area contributed by atoms with Gasteiger partial charge < -0.3 is 10.2 Å². The van der Waals surface area contributed by atoms with E-state index in [1.54, 1.807) is 0 Å². The first-order valence-electron chi connectivity index (χ1n) is 8.03. The fraction of sp³-hybridized carbons (Fsp3) is 0.688. The Kier molecular flexibility index (Phi) is 3.36. The predicted molar refractivity (Wildman–Crippen MR) is 80.9 cm³/mol. The highest BCUT2D eigenvalue weighted by molar-refractivity contribution is 5.38. The zero-order valence-corrected chi connectivity index (χ0v) is 12.0. The summed E-state index contributed by atoms with van der Waals surface area (Å²) in [6, 6.07) is 7.83. The van der Waals surface area contributed by atoms with E-state index in [4.69, 9.17) is 0 Å². The van der Waals surface area contributed by atoms with E-state index in [-0.39, 0.29) is 0 Å². The van der Waals surface area contributed by atoms with Crippen LogP contribution in [0.3, 0.4) is 0 Å². The molecule has 20 heavy (non-hydrogen) atoms. The van der Waals surface area contributed by atoms with Crippen molar-refractivity contribution in [3.63, 3.8) is 0 Å². The Balaban J connectivity index is 1.29. The fourth-order valence-corrected chi connectivity index (χ4v) is 4.17. The Morgan fingerprint density at radius 1 is 1.15 bits per heavy atom. The molecule has 0 saturated carbocycles. The van der Waals surface area contributed by atoms with Crippen LogP contribution < -0.4 is 10.2 Å². The van der Waals surface area contributed by atoms with Crippen molar-refractivity contribution in [1.82, 2.24) is 15.2 Å². The summed E-state index contributed by atoms with van der Waals surface area (Å²) in [5, 5.41) is 3.76. The monoisotopic (exact) mass is 272 g/mol. The zero-order valence-electron chi connectivity index (χ0n) is 12.0. The highest BCUT2D eigenvalue weighted by Gasteiger charge is 2.39. The van der Waals surface area contributed by atoms with Gasteiger partial charge in [0.2, 0.25) is 0 Å². The van der Waals surface area contributed by atoms with E-state index >= 15 is 0 Å². The molecule has 1 aromatic heterocycles. The molecule has 0 amide bonds. The van der Waals surface area contributed by atoms with Gasteiger partial charge in [-0.25, -0.2) is 4.98 Å². The summed E-state index contributed by atoms with van der Waals surface area (Å²) >= 11 is 0. The van der Waals surface area contributed by atoms with Crippen LogP contribution >= 0.6 is 0 Å². The first-order valence-corrected chi connectivity index (χ1v) is 8.03. The van der Waals surface area contributed by atoms with Crippen molar-refractivity contribution in [3.05, 3.63) is 24.4 Å². The Morgan fingerprint density at radius 3 is 2.70 bits per heavy atom. The summed E-state index contributed by atoms with van der Waals surface area (Å²) in [6.45, 7) is 5.90.